The van der Waals surface area contributed by atoms with E-state index < -0.39 is 0 Å². The first kappa shape index (κ1) is 14.0. The van der Waals surface area contributed by atoms with E-state index in [4.69, 9.17) is 4.74 Å². The van der Waals surface area contributed by atoms with E-state index in [0.717, 1.165) is 25.0 Å². The zero-order valence-corrected chi connectivity index (χ0v) is 11.2. The van der Waals surface area contributed by atoms with Crippen LogP contribution >= 0.6 is 0 Å². The number of rotatable bonds is 5. The molecule has 0 spiro atoms. The van der Waals surface area contributed by atoms with Crippen LogP contribution < -0.4 is 5.32 Å². The molecule has 1 amide bonds. The third kappa shape index (κ3) is 4.31. The summed E-state index contributed by atoms with van der Waals surface area (Å²) in [5, 5.41) is 2.90. The summed E-state index contributed by atoms with van der Waals surface area (Å²) in [5.41, 5.74) is 0.980. The van der Waals surface area contributed by atoms with E-state index in [-0.39, 0.29) is 23.7 Å². The second-order valence-corrected chi connectivity index (χ2v) is 5.10. The first-order chi connectivity index (χ1) is 9.15. The van der Waals surface area contributed by atoms with Gasteiger partial charge in [0.2, 0.25) is 5.91 Å². The molecule has 19 heavy (non-hydrogen) atoms. The Labute approximate surface area is 113 Å². The van der Waals surface area contributed by atoms with Gasteiger partial charge in [0.25, 0.3) is 0 Å². The number of ether oxygens (including phenoxy) is 1. The molecule has 0 radical (unpaired) electrons. The first-order valence-corrected chi connectivity index (χ1v) is 6.79. The van der Waals surface area contributed by atoms with Crippen molar-refractivity contribution >= 4 is 5.91 Å². The Balaban J connectivity index is 1.76. The van der Waals surface area contributed by atoms with Gasteiger partial charge < -0.3 is 10.1 Å². The zero-order chi connectivity index (χ0) is 13.7. The van der Waals surface area contributed by atoms with Crippen molar-refractivity contribution < 1.29 is 13.9 Å². The minimum atomic E-state index is -0.251. The maximum Gasteiger partial charge on any atom is 0.220 e. The minimum absolute atomic E-state index is 0.0207. The Hall–Kier alpha value is -1.42. The highest BCUT2D eigenvalue weighted by Gasteiger charge is 2.17. The highest BCUT2D eigenvalue weighted by Crippen LogP contribution is 2.19. The molecule has 4 heteroatoms. The molecule has 1 N–H and O–H groups in total. The number of hydrogen-bond acceptors (Lipinski definition) is 2. The Kier molecular flexibility index (Phi) is 4.91. The van der Waals surface area contributed by atoms with Crippen molar-refractivity contribution in [2.45, 2.75) is 38.2 Å². The normalized spacial score (nSPS) is 20.2. The van der Waals surface area contributed by atoms with Gasteiger partial charge in [0.1, 0.15) is 5.82 Å². The van der Waals surface area contributed by atoms with Crippen molar-refractivity contribution in [2.24, 2.45) is 0 Å². The summed E-state index contributed by atoms with van der Waals surface area (Å²) in [4.78, 5) is 11.8. The number of nitrogens with one attached hydrogen (secondary N) is 1. The number of carbonyl (C=O) groups is 1. The van der Waals surface area contributed by atoms with Crippen molar-refractivity contribution in [3.05, 3.63) is 35.6 Å². The molecule has 1 saturated heterocycles. The monoisotopic (exact) mass is 265 g/mol. The average molecular weight is 265 g/mol. The lowest BCUT2D eigenvalue weighted by molar-refractivity contribution is -0.121. The van der Waals surface area contributed by atoms with Crippen LogP contribution in [0.5, 0.6) is 0 Å². The Bertz CT molecular complexity index is 413. The van der Waals surface area contributed by atoms with Gasteiger partial charge in [-0.2, -0.15) is 0 Å². The third-order valence-electron chi connectivity index (χ3n) is 3.48. The SMILES string of the molecule is CC(CC(=O)NCC1CCCO1)c1ccc(F)cc1. The smallest absolute Gasteiger partial charge is 0.220 e. The number of halogens is 1. The molecule has 3 nitrogen and oxygen atoms in total. The van der Waals surface area contributed by atoms with Crippen LogP contribution in [-0.2, 0) is 9.53 Å². The van der Waals surface area contributed by atoms with Gasteiger partial charge in [-0.05, 0) is 36.5 Å². The fourth-order valence-electron chi connectivity index (χ4n) is 2.29. The highest BCUT2D eigenvalue weighted by molar-refractivity contribution is 5.76. The fraction of sp³-hybridized carbons (Fsp3) is 0.533. The van der Waals surface area contributed by atoms with Crippen LogP contribution in [0.4, 0.5) is 4.39 Å². The van der Waals surface area contributed by atoms with Crippen LogP contribution in [0.25, 0.3) is 0 Å². The van der Waals surface area contributed by atoms with E-state index >= 15 is 0 Å². The Morgan fingerprint density at radius 2 is 2.21 bits per heavy atom. The Morgan fingerprint density at radius 3 is 2.84 bits per heavy atom. The molecule has 1 aromatic rings. The summed E-state index contributed by atoms with van der Waals surface area (Å²) in [6.45, 7) is 3.36. The number of benzene rings is 1. The van der Waals surface area contributed by atoms with Gasteiger partial charge in [0, 0.05) is 19.6 Å². The van der Waals surface area contributed by atoms with Crippen LogP contribution in [0, 0.1) is 5.82 Å². The molecule has 1 aliphatic rings. The topological polar surface area (TPSA) is 38.3 Å². The van der Waals surface area contributed by atoms with E-state index in [1.165, 1.54) is 12.1 Å². The quantitative estimate of drug-likeness (QED) is 0.888. The lowest BCUT2D eigenvalue weighted by Crippen LogP contribution is -2.32. The van der Waals surface area contributed by atoms with Gasteiger partial charge in [-0.1, -0.05) is 19.1 Å². The van der Waals surface area contributed by atoms with Crippen molar-refractivity contribution in [1.29, 1.82) is 0 Å². The molecule has 2 rings (SSSR count). The maximum absolute atomic E-state index is 12.8. The molecule has 0 saturated carbocycles. The average Bonchev–Trinajstić information content (AvgIpc) is 2.90. The van der Waals surface area contributed by atoms with Gasteiger partial charge in [-0.25, -0.2) is 4.39 Å². The van der Waals surface area contributed by atoms with Gasteiger partial charge in [0.15, 0.2) is 0 Å². The summed E-state index contributed by atoms with van der Waals surface area (Å²) in [5.74, 6) is -0.142. The molecule has 1 aromatic carbocycles. The fourth-order valence-corrected chi connectivity index (χ4v) is 2.29. The van der Waals surface area contributed by atoms with Gasteiger partial charge in [-0.3, -0.25) is 4.79 Å². The largest absolute Gasteiger partial charge is 0.376 e. The van der Waals surface area contributed by atoms with E-state index in [0.29, 0.717) is 13.0 Å². The number of hydrogen-bond donors (Lipinski definition) is 1. The second kappa shape index (κ2) is 6.66. The summed E-state index contributed by atoms with van der Waals surface area (Å²) in [6, 6.07) is 6.31. The Morgan fingerprint density at radius 1 is 1.47 bits per heavy atom. The summed E-state index contributed by atoms with van der Waals surface area (Å²) in [7, 11) is 0. The first-order valence-electron chi connectivity index (χ1n) is 6.79. The second-order valence-electron chi connectivity index (χ2n) is 5.10. The minimum Gasteiger partial charge on any atom is -0.376 e. The molecular formula is C15H20FNO2. The van der Waals surface area contributed by atoms with E-state index in [2.05, 4.69) is 5.32 Å². The van der Waals surface area contributed by atoms with Crippen molar-refractivity contribution in [2.75, 3.05) is 13.2 Å². The summed E-state index contributed by atoms with van der Waals surface area (Å²) < 4.78 is 18.3. The third-order valence-corrected chi connectivity index (χ3v) is 3.48. The van der Waals surface area contributed by atoms with Crippen LogP contribution in [0.1, 0.15) is 37.7 Å². The summed E-state index contributed by atoms with van der Waals surface area (Å²) >= 11 is 0. The molecule has 0 bridgehead atoms. The van der Waals surface area contributed by atoms with Crippen LogP contribution in [0.2, 0.25) is 0 Å². The van der Waals surface area contributed by atoms with Crippen LogP contribution in [0.3, 0.4) is 0 Å². The van der Waals surface area contributed by atoms with Gasteiger partial charge >= 0.3 is 0 Å². The lowest BCUT2D eigenvalue weighted by atomic mass is 9.97. The molecule has 0 aromatic heterocycles. The lowest BCUT2D eigenvalue weighted by Gasteiger charge is -2.14. The molecule has 1 heterocycles. The van der Waals surface area contributed by atoms with Crippen molar-refractivity contribution in [1.82, 2.24) is 5.32 Å². The van der Waals surface area contributed by atoms with Crippen molar-refractivity contribution in [3.8, 4) is 0 Å². The van der Waals surface area contributed by atoms with Crippen molar-refractivity contribution in [3.63, 3.8) is 0 Å². The van der Waals surface area contributed by atoms with Gasteiger partial charge in [-0.15, -0.1) is 0 Å². The molecule has 0 aliphatic carbocycles. The predicted molar refractivity (Wildman–Crippen MR) is 71.4 cm³/mol. The highest BCUT2D eigenvalue weighted by atomic mass is 19.1. The molecule has 2 atom stereocenters. The number of amides is 1. The van der Waals surface area contributed by atoms with Crippen LogP contribution in [-0.4, -0.2) is 25.2 Å². The van der Waals surface area contributed by atoms with E-state index in [1.54, 1.807) is 12.1 Å². The standard InChI is InChI=1S/C15H20FNO2/c1-11(12-4-6-13(16)7-5-12)9-15(18)17-10-14-3-2-8-19-14/h4-7,11,14H,2-3,8-10H2,1H3,(H,17,18). The molecule has 1 aliphatic heterocycles. The molecule has 104 valence electrons. The molecular weight excluding hydrogens is 245 g/mol. The van der Waals surface area contributed by atoms with Gasteiger partial charge in [0.05, 0.1) is 6.10 Å². The number of carbonyl (C=O) groups excluding carboxylic acids is 1. The zero-order valence-electron chi connectivity index (χ0n) is 11.2. The maximum atomic E-state index is 12.8. The van der Waals surface area contributed by atoms with Crippen LogP contribution in [0.15, 0.2) is 24.3 Å². The summed E-state index contributed by atoms with van der Waals surface area (Å²) in [6.07, 6.45) is 2.68. The van der Waals surface area contributed by atoms with E-state index in [1.807, 2.05) is 6.92 Å². The molecule has 1 fully saturated rings. The van der Waals surface area contributed by atoms with E-state index in [9.17, 15) is 9.18 Å². The predicted octanol–water partition coefficient (Wildman–Crippen LogP) is 2.61. The molecule has 2 unspecified atom stereocenters.